The zero-order valence-corrected chi connectivity index (χ0v) is 20.2. The van der Waals surface area contributed by atoms with E-state index in [1.807, 2.05) is 0 Å². The summed E-state index contributed by atoms with van der Waals surface area (Å²) in [5.41, 5.74) is 0.192. The minimum absolute atomic E-state index is 0.0275. The number of ether oxygens (including phenoxy) is 1. The van der Waals surface area contributed by atoms with Crippen molar-refractivity contribution < 1.29 is 31.2 Å². The van der Waals surface area contributed by atoms with Crippen molar-refractivity contribution in [3.05, 3.63) is 54.1 Å². The van der Waals surface area contributed by atoms with Crippen molar-refractivity contribution in [2.75, 3.05) is 31.6 Å². The van der Waals surface area contributed by atoms with Crippen LogP contribution < -0.4 is 10.0 Å². The molecule has 0 fully saturated rings. The summed E-state index contributed by atoms with van der Waals surface area (Å²) in [6.45, 7) is 5.25. The number of benzene rings is 2. The van der Waals surface area contributed by atoms with Gasteiger partial charge in [0.05, 0.1) is 15.4 Å². The molecule has 0 heterocycles. The van der Waals surface area contributed by atoms with Crippen LogP contribution in [0.4, 0.5) is 5.69 Å². The van der Waals surface area contributed by atoms with Gasteiger partial charge in [-0.05, 0) is 36.4 Å². The molecule has 0 bridgehead atoms. The summed E-state index contributed by atoms with van der Waals surface area (Å²) < 4.78 is 58.0. The molecule has 1 amide bonds. The number of amides is 1. The normalized spacial score (nSPS) is 11.9. The number of anilines is 1. The van der Waals surface area contributed by atoms with Crippen molar-refractivity contribution in [3.8, 4) is 0 Å². The van der Waals surface area contributed by atoms with Gasteiger partial charge in [0.25, 0.3) is 5.91 Å². The van der Waals surface area contributed by atoms with Crippen molar-refractivity contribution in [1.29, 1.82) is 0 Å². The van der Waals surface area contributed by atoms with Gasteiger partial charge >= 0.3 is 5.97 Å². The molecule has 0 saturated heterocycles. The minimum atomic E-state index is -3.75. The second-order valence-corrected chi connectivity index (χ2v) is 10.5. The highest BCUT2D eigenvalue weighted by Crippen LogP contribution is 2.19. The highest BCUT2D eigenvalue weighted by molar-refractivity contribution is 7.89. The van der Waals surface area contributed by atoms with Crippen molar-refractivity contribution >= 4 is 37.6 Å². The predicted molar refractivity (Wildman–Crippen MR) is 123 cm³/mol. The van der Waals surface area contributed by atoms with Gasteiger partial charge in [0, 0.05) is 25.3 Å². The van der Waals surface area contributed by atoms with E-state index in [-0.39, 0.29) is 27.6 Å². The molecule has 0 atom stereocenters. The zero-order valence-electron chi connectivity index (χ0n) is 18.6. The molecule has 2 aromatic rings. The molecule has 0 aliphatic carbocycles. The Balaban J connectivity index is 2.05. The van der Waals surface area contributed by atoms with E-state index in [1.54, 1.807) is 20.8 Å². The molecule has 2 aromatic carbocycles. The number of carbonyl (C=O) groups is 2. The highest BCUT2D eigenvalue weighted by atomic mass is 32.2. The van der Waals surface area contributed by atoms with Gasteiger partial charge in [-0.15, -0.1) is 0 Å². The standard InChI is InChI=1S/C21H27N3O7S2/c1-4-22-32(27,28)18-11-7-9-16(13-18)21(26)31-15-20(25)23-17-10-8-12-19(14-17)33(29,30)24(5-2)6-3/h7-14,22H,4-6,15H2,1-3H3,(H,23,25). The molecule has 10 nitrogen and oxygen atoms in total. The second kappa shape index (κ2) is 11.4. The summed E-state index contributed by atoms with van der Waals surface area (Å²) in [6.07, 6.45) is 0. The van der Waals surface area contributed by atoms with Crippen LogP contribution in [0.25, 0.3) is 0 Å². The average molecular weight is 498 g/mol. The molecule has 0 aliphatic rings. The first-order valence-electron chi connectivity index (χ1n) is 10.2. The first kappa shape index (κ1) is 26.5. The van der Waals surface area contributed by atoms with Crippen molar-refractivity contribution in [1.82, 2.24) is 9.03 Å². The summed E-state index contributed by atoms with van der Waals surface area (Å²) in [5.74, 6) is -1.56. The molecular formula is C21H27N3O7S2. The second-order valence-electron chi connectivity index (χ2n) is 6.77. The van der Waals surface area contributed by atoms with E-state index >= 15 is 0 Å². The van der Waals surface area contributed by atoms with Crippen LogP contribution >= 0.6 is 0 Å². The third kappa shape index (κ3) is 6.84. The SMILES string of the molecule is CCNS(=O)(=O)c1cccc(C(=O)OCC(=O)Nc2cccc(S(=O)(=O)N(CC)CC)c2)c1. The van der Waals surface area contributed by atoms with Gasteiger partial charge in [0.1, 0.15) is 0 Å². The topological polar surface area (TPSA) is 139 Å². The van der Waals surface area contributed by atoms with Crippen molar-refractivity contribution in [3.63, 3.8) is 0 Å². The van der Waals surface area contributed by atoms with E-state index < -0.39 is 38.5 Å². The number of nitrogens with one attached hydrogen (secondary N) is 2. The maximum Gasteiger partial charge on any atom is 0.338 e. The molecule has 2 rings (SSSR count). The van der Waals surface area contributed by atoms with Crippen LogP contribution in [0, 0.1) is 0 Å². The lowest BCUT2D eigenvalue weighted by molar-refractivity contribution is -0.119. The average Bonchev–Trinajstić information content (AvgIpc) is 2.78. The Bertz CT molecular complexity index is 1210. The van der Waals surface area contributed by atoms with Gasteiger partial charge in [0.15, 0.2) is 6.61 Å². The summed E-state index contributed by atoms with van der Waals surface area (Å²) >= 11 is 0. The molecule has 33 heavy (non-hydrogen) atoms. The lowest BCUT2D eigenvalue weighted by Gasteiger charge is -2.18. The van der Waals surface area contributed by atoms with E-state index in [9.17, 15) is 26.4 Å². The number of hydrogen-bond acceptors (Lipinski definition) is 7. The van der Waals surface area contributed by atoms with Gasteiger partial charge in [-0.2, -0.15) is 4.31 Å². The van der Waals surface area contributed by atoms with Gasteiger partial charge < -0.3 is 10.1 Å². The monoisotopic (exact) mass is 497 g/mol. The number of hydrogen-bond donors (Lipinski definition) is 2. The highest BCUT2D eigenvalue weighted by Gasteiger charge is 2.22. The maximum atomic E-state index is 12.6. The molecule has 180 valence electrons. The van der Waals surface area contributed by atoms with Crippen LogP contribution in [0.1, 0.15) is 31.1 Å². The van der Waals surface area contributed by atoms with Crippen molar-refractivity contribution in [2.45, 2.75) is 30.6 Å². The summed E-state index contributed by atoms with van der Waals surface area (Å²) in [4.78, 5) is 24.4. The Morgan fingerprint density at radius 2 is 1.55 bits per heavy atom. The Morgan fingerprint density at radius 3 is 2.18 bits per heavy atom. The van der Waals surface area contributed by atoms with Gasteiger partial charge in [-0.1, -0.05) is 32.9 Å². The minimum Gasteiger partial charge on any atom is -0.452 e. The summed E-state index contributed by atoms with van der Waals surface area (Å²) in [6, 6.07) is 11.0. The van der Waals surface area contributed by atoms with E-state index in [0.717, 1.165) is 6.07 Å². The maximum absolute atomic E-state index is 12.6. The molecular weight excluding hydrogens is 470 g/mol. The quantitative estimate of drug-likeness (QED) is 0.451. The van der Waals surface area contributed by atoms with E-state index in [0.29, 0.717) is 13.1 Å². The lowest BCUT2D eigenvalue weighted by Crippen LogP contribution is -2.30. The van der Waals surface area contributed by atoms with Gasteiger partial charge in [0.2, 0.25) is 20.0 Å². The molecule has 12 heteroatoms. The van der Waals surface area contributed by atoms with Crippen LogP contribution in [0.15, 0.2) is 58.3 Å². The van der Waals surface area contributed by atoms with Gasteiger partial charge in [-0.25, -0.2) is 26.4 Å². The van der Waals surface area contributed by atoms with Crippen LogP contribution in [0.3, 0.4) is 0 Å². The molecule has 0 aromatic heterocycles. The molecule has 0 unspecified atom stereocenters. The fourth-order valence-electron chi connectivity index (χ4n) is 2.92. The zero-order chi connectivity index (χ0) is 24.6. The van der Waals surface area contributed by atoms with Crippen LogP contribution in [-0.4, -0.2) is 59.3 Å². The third-order valence-electron chi connectivity index (χ3n) is 4.51. The largest absolute Gasteiger partial charge is 0.452 e. The smallest absolute Gasteiger partial charge is 0.338 e. The number of rotatable bonds is 11. The van der Waals surface area contributed by atoms with E-state index in [2.05, 4.69) is 10.0 Å². The third-order valence-corrected chi connectivity index (χ3v) is 8.10. The lowest BCUT2D eigenvalue weighted by atomic mass is 10.2. The Morgan fingerprint density at radius 1 is 0.909 bits per heavy atom. The van der Waals surface area contributed by atoms with Crippen LogP contribution in [-0.2, 0) is 29.6 Å². The van der Waals surface area contributed by atoms with Crippen LogP contribution in [0.5, 0.6) is 0 Å². The molecule has 2 N–H and O–H groups in total. The fourth-order valence-corrected chi connectivity index (χ4v) is 5.51. The Kier molecular flexibility index (Phi) is 9.11. The first-order valence-corrected chi connectivity index (χ1v) is 13.1. The van der Waals surface area contributed by atoms with Gasteiger partial charge in [-0.3, -0.25) is 4.79 Å². The van der Waals surface area contributed by atoms with Crippen LogP contribution in [0.2, 0.25) is 0 Å². The van der Waals surface area contributed by atoms with E-state index in [4.69, 9.17) is 4.74 Å². The van der Waals surface area contributed by atoms with E-state index in [1.165, 1.54) is 46.8 Å². The number of sulfonamides is 2. The fraction of sp³-hybridized carbons (Fsp3) is 0.333. The first-order chi connectivity index (χ1) is 15.5. The molecule has 0 saturated carbocycles. The molecule has 0 aliphatic heterocycles. The Hall–Kier alpha value is -2.80. The predicted octanol–water partition coefficient (Wildman–Crippen LogP) is 1.81. The van der Waals surface area contributed by atoms with Crippen molar-refractivity contribution in [2.24, 2.45) is 0 Å². The number of esters is 1. The summed E-state index contributed by atoms with van der Waals surface area (Å²) in [7, 11) is -7.45. The Labute approximate surface area is 194 Å². The molecule has 0 spiro atoms. The number of carbonyl (C=O) groups excluding carboxylic acids is 2. The molecule has 0 radical (unpaired) electrons. The number of nitrogens with zero attached hydrogens (tertiary/aromatic N) is 1. The summed E-state index contributed by atoms with van der Waals surface area (Å²) in [5, 5.41) is 2.48.